The van der Waals surface area contributed by atoms with Crippen LogP contribution in [0.25, 0.3) is 11.1 Å². The normalized spacial score (nSPS) is 17.3. The number of benzene rings is 2. The third kappa shape index (κ3) is 9.56. The molecule has 0 spiro atoms. The molecule has 0 heterocycles. The van der Waals surface area contributed by atoms with Crippen LogP contribution in [0, 0.1) is 23.5 Å². The summed E-state index contributed by atoms with van der Waals surface area (Å²) < 4.78 is 36.8. The Morgan fingerprint density at radius 3 is 2.35 bits per heavy atom. The predicted molar refractivity (Wildman–Crippen MR) is 174 cm³/mol. The van der Waals surface area contributed by atoms with Gasteiger partial charge in [0.05, 0.1) is 8.07 Å². The summed E-state index contributed by atoms with van der Waals surface area (Å²) in [4.78, 5) is 12.3. The summed E-state index contributed by atoms with van der Waals surface area (Å²) >= 11 is 0. The van der Waals surface area contributed by atoms with E-state index in [0.717, 1.165) is 55.3 Å². The first-order chi connectivity index (χ1) is 20.5. The molecule has 0 radical (unpaired) electrons. The number of ether oxygens (including phenoxy) is 1. The fourth-order valence-electron chi connectivity index (χ4n) is 6.56. The number of unbranched alkanes of at least 4 members (excludes halogenated alkanes) is 2. The summed E-state index contributed by atoms with van der Waals surface area (Å²) in [5, 5.41) is 20.0. The maximum absolute atomic E-state index is 15.7. The van der Waals surface area contributed by atoms with E-state index in [1.807, 2.05) is 18.2 Å². The average molecular weight is 615 g/mol. The Morgan fingerprint density at radius 1 is 1.02 bits per heavy atom. The average Bonchev–Trinajstić information content (AvgIpc) is 2.99. The van der Waals surface area contributed by atoms with E-state index < -0.39 is 25.7 Å². The Hall–Kier alpha value is -2.35. The molecular weight excluding hydrogens is 562 g/mol. The van der Waals surface area contributed by atoms with Crippen molar-refractivity contribution in [2.24, 2.45) is 11.8 Å². The van der Waals surface area contributed by atoms with Gasteiger partial charge in [-0.3, -0.25) is 0 Å². The van der Waals surface area contributed by atoms with Gasteiger partial charge < -0.3 is 14.9 Å². The van der Waals surface area contributed by atoms with Crippen molar-refractivity contribution in [2.45, 2.75) is 110 Å². The SMILES string of the molecule is C=C(C)C(=O)OCc1cc(-c2ccc(C3CCC(CCCCC)CC3)c(F)c2F)ccc1[Si](C)(C)CCCC(CO)CO. The summed E-state index contributed by atoms with van der Waals surface area (Å²) in [5.41, 5.74) is 2.33. The first-order valence-electron chi connectivity index (χ1n) is 16.2. The van der Waals surface area contributed by atoms with Crippen molar-refractivity contribution in [1.29, 1.82) is 0 Å². The number of hydrogen-bond acceptors (Lipinski definition) is 4. The molecule has 0 saturated heterocycles. The molecule has 0 bridgehead atoms. The smallest absolute Gasteiger partial charge is 0.333 e. The van der Waals surface area contributed by atoms with Crippen molar-refractivity contribution in [1.82, 2.24) is 0 Å². The number of halogens is 2. The van der Waals surface area contributed by atoms with Crippen LogP contribution in [0.5, 0.6) is 0 Å². The third-order valence-corrected chi connectivity index (χ3v) is 12.9. The van der Waals surface area contributed by atoms with Crippen LogP contribution in [0.15, 0.2) is 42.5 Å². The van der Waals surface area contributed by atoms with Crippen molar-refractivity contribution in [3.8, 4) is 11.1 Å². The molecule has 2 aromatic carbocycles. The van der Waals surface area contributed by atoms with Crippen LogP contribution in [-0.2, 0) is 16.1 Å². The zero-order chi connectivity index (χ0) is 31.6. The van der Waals surface area contributed by atoms with Gasteiger partial charge in [-0.25, -0.2) is 13.6 Å². The van der Waals surface area contributed by atoms with Crippen molar-refractivity contribution in [3.63, 3.8) is 0 Å². The first-order valence-corrected chi connectivity index (χ1v) is 19.4. The monoisotopic (exact) mass is 614 g/mol. The van der Waals surface area contributed by atoms with E-state index in [9.17, 15) is 15.0 Å². The molecule has 2 aromatic rings. The molecule has 0 atom stereocenters. The molecule has 0 aromatic heterocycles. The van der Waals surface area contributed by atoms with E-state index in [4.69, 9.17) is 4.74 Å². The standard InChI is InChI=1S/C36H52F2O4Si/c1-6-7-8-10-26-12-14-28(15-13-26)31-17-18-32(35(38)34(31)37)29-16-19-33(30(21-29)24-42-36(41)25(2)3)43(4,5)20-9-11-27(22-39)23-40/h16-19,21,26-28,39-40H,2,6-15,20,22-24H2,1,3-5H3. The van der Waals surface area contributed by atoms with E-state index in [0.29, 0.717) is 22.6 Å². The lowest BCUT2D eigenvalue weighted by Gasteiger charge is -2.29. The molecule has 4 nitrogen and oxygen atoms in total. The molecule has 1 saturated carbocycles. The van der Waals surface area contributed by atoms with Gasteiger partial charge in [0, 0.05) is 30.3 Å². The number of esters is 1. The van der Waals surface area contributed by atoms with Crippen LogP contribution in [0.4, 0.5) is 8.78 Å². The van der Waals surface area contributed by atoms with Crippen LogP contribution in [0.1, 0.15) is 95.1 Å². The Morgan fingerprint density at radius 2 is 1.72 bits per heavy atom. The molecule has 0 unspecified atom stereocenters. The predicted octanol–water partition coefficient (Wildman–Crippen LogP) is 8.40. The summed E-state index contributed by atoms with van der Waals surface area (Å²) in [6.07, 6.45) is 10.5. The topological polar surface area (TPSA) is 66.8 Å². The quantitative estimate of drug-likeness (QED) is 0.0863. The first kappa shape index (κ1) is 35.1. The van der Waals surface area contributed by atoms with Crippen molar-refractivity contribution >= 4 is 19.2 Å². The Kier molecular flexibility index (Phi) is 13.6. The lowest BCUT2D eigenvalue weighted by atomic mass is 9.76. The maximum atomic E-state index is 15.7. The molecule has 1 aliphatic rings. The van der Waals surface area contributed by atoms with E-state index in [1.54, 1.807) is 19.1 Å². The second-order valence-corrected chi connectivity index (χ2v) is 18.1. The number of hydrogen-bond donors (Lipinski definition) is 2. The Labute approximate surface area is 258 Å². The van der Waals surface area contributed by atoms with Gasteiger partial charge in [0.25, 0.3) is 0 Å². The van der Waals surface area contributed by atoms with Crippen LogP contribution >= 0.6 is 0 Å². The van der Waals surface area contributed by atoms with Gasteiger partial charge in [-0.05, 0) is 73.6 Å². The molecule has 1 aliphatic carbocycles. The minimum atomic E-state index is -2.06. The number of carbonyl (C=O) groups excluding carboxylic acids is 1. The lowest BCUT2D eigenvalue weighted by molar-refractivity contribution is -0.140. The highest BCUT2D eigenvalue weighted by atomic mass is 28.3. The van der Waals surface area contributed by atoms with Gasteiger partial charge in [-0.15, -0.1) is 0 Å². The maximum Gasteiger partial charge on any atom is 0.333 e. The highest BCUT2D eigenvalue weighted by Gasteiger charge is 2.29. The fourth-order valence-corrected chi connectivity index (χ4v) is 9.47. The lowest BCUT2D eigenvalue weighted by Crippen LogP contribution is -2.43. The molecule has 238 valence electrons. The number of aliphatic hydroxyl groups excluding tert-OH is 2. The molecule has 0 aliphatic heterocycles. The number of aliphatic hydroxyl groups is 2. The van der Waals surface area contributed by atoms with Crippen LogP contribution in [0.2, 0.25) is 19.1 Å². The van der Waals surface area contributed by atoms with E-state index in [1.165, 1.54) is 25.7 Å². The minimum Gasteiger partial charge on any atom is -0.457 e. The fraction of sp³-hybridized carbons (Fsp3) is 0.583. The summed E-state index contributed by atoms with van der Waals surface area (Å²) in [6.45, 7) is 11.9. The molecule has 0 amide bonds. The largest absolute Gasteiger partial charge is 0.457 e. The summed E-state index contributed by atoms with van der Waals surface area (Å²) in [5.74, 6) is -1.45. The Bertz CT molecular complexity index is 1220. The van der Waals surface area contributed by atoms with Crippen molar-refractivity contribution < 1.29 is 28.5 Å². The molecule has 43 heavy (non-hydrogen) atoms. The highest BCUT2D eigenvalue weighted by molar-refractivity contribution is 6.90. The second-order valence-electron chi connectivity index (χ2n) is 13.3. The zero-order valence-corrected chi connectivity index (χ0v) is 27.7. The van der Waals surface area contributed by atoms with Gasteiger partial charge in [0.1, 0.15) is 6.61 Å². The number of carbonyl (C=O) groups is 1. The molecule has 1 fully saturated rings. The van der Waals surface area contributed by atoms with E-state index in [-0.39, 0.29) is 37.2 Å². The second kappa shape index (κ2) is 16.6. The van der Waals surface area contributed by atoms with E-state index >= 15 is 8.78 Å². The van der Waals surface area contributed by atoms with Crippen molar-refractivity contribution in [3.05, 3.63) is 65.2 Å². The molecular formula is C36H52F2O4Si. The summed E-state index contributed by atoms with van der Waals surface area (Å²) in [6, 6.07) is 10.0. The zero-order valence-electron chi connectivity index (χ0n) is 26.7. The molecule has 3 rings (SSSR count). The van der Waals surface area contributed by atoms with Crippen LogP contribution < -0.4 is 5.19 Å². The number of rotatable bonds is 16. The summed E-state index contributed by atoms with van der Waals surface area (Å²) in [7, 11) is -2.06. The van der Waals surface area contributed by atoms with E-state index in [2.05, 4.69) is 26.6 Å². The van der Waals surface area contributed by atoms with Gasteiger partial charge in [0.2, 0.25) is 0 Å². The van der Waals surface area contributed by atoms with Crippen LogP contribution in [0.3, 0.4) is 0 Å². The minimum absolute atomic E-state index is 0.0187. The van der Waals surface area contributed by atoms with Gasteiger partial charge in [-0.1, -0.05) is 94.2 Å². The van der Waals surface area contributed by atoms with Crippen molar-refractivity contribution in [2.75, 3.05) is 13.2 Å². The molecule has 7 heteroatoms. The van der Waals surface area contributed by atoms with Crippen LogP contribution in [-0.4, -0.2) is 37.5 Å². The van der Waals surface area contributed by atoms with Gasteiger partial charge >= 0.3 is 5.97 Å². The molecule has 2 N–H and O–H groups in total. The van der Waals surface area contributed by atoms with Gasteiger partial charge in [-0.2, -0.15) is 0 Å². The Balaban J connectivity index is 1.85. The third-order valence-electron chi connectivity index (χ3n) is 9.40. The highest BCUT2D eigenvalue weighted by Crippen LogP contribution is 2.40. The van der Waals surface area contributed by atoms with Gasteiger partial charge in [0.15, 0.2) is 11.6 Å².